The van der Waals surface area contributed by atoms with Crippen LogP contribution in [-0.2, 0) is 0 Å². The van der Waals surface area contributed by atoms with Crippen molar-refractivity contribution < 1.29 is 9.47 Å². The topological polar surface area (TPSA) is 73.2 Å². The highest BCUT2D eigenvalue weighted by molar-refractivity contribution is 7.99. The Balaban J connectivity index is 1.67. The molecule has 0 aliphatic carbocycles. The summed E-state index contributed by atoms with van der Waals surface area (Å²) in [5, 5.41) is 0.881. The molecule has 0 fully saturated rings. The summed E-state index contributed by atoms with van der Waals surface area (Å²) in [4.78, 5) is 7.18. The lowest BCUT2D eigenvalue weighted by atomic mass is 10.1. The number of hydrogen-bond donors (Lipinski definition) is 2. The molecule has 1 aliphatic rings. The van der Waals surface area contributed by atoms with Crippen LogP contribution in [0.3, 0.4) is 0 Å². The number of nitrogens with one attached hydrogen (secondary N) is 1. The summed E-state index contributed by atoms with van der Waals surface area (Å²) in [6.07, 6.45) is 3.53. The lowest BCUT2D eigenvalue weighted by Crippen LogP contribution is -2.12. The third-order valence-electron chi connectivity index (χ3n) is 2.70. The number of H-pyrrole nitrogens is 1. The summed E-state index contributed by atoms with van der Waals surface area (Å²) in [7, 11) is 0. The lowest BCUT2D eigenvalue weighted by molar-refractivity contribution is 0.174. The Morgan fingerprint density at radius 1 is 1.39 bits per heavy atom. The van der Waals surface area contributed by atoms with Gasteiger partial charge in [-0.05, 0) is 17.7 Å². The molecule has 0 saturated carbocycles. The van der Waals surface area contributed by atoms with E-state index in [4.69, 9.17) is 15.2 Å². The number of aromatic amines is 1. The van der Waals surface area contributed by atoms with Gasteiger partial charge in [-0.15, -0.1) is 0 Å². The predicted octanol–water partition coefficient (Wildman–Crippen LogP) is 1.93. The summed E-state index contributed by atoms with van der Waals surface area (Å²) in [5.41, 5.74) is 7.19. The van der Waals surface area contributed by atoms with E-state index < -0.39 is 0 Å². The molecule has 6 heteroatoms. The van der Waals surface area contributed by atoms with Crippen molar-refractivity contribution in [1.82, 2.24) is 9.97 Å². The fourth-order valence-corrected chi connectivity index (χ4v) is 2.56. The number of ether oxygens (including phenoxy) is 2. The summed E-state index contributed by atoms with van der Waals surface area (Å²) >= 11 is 1.60. The minimum absolute atomic E-state index is 0.0606. The molecule has 1 atom stereocenters. The second-order valence-electron chi connectivity index (χ2n) is 3.92. The van der Waals surface area contributed by atoms with Gasteiger partial charge in [0.15, 0.2) is 16.7 Å². The van der Waals surface area contributed by atoms with E-state index in [9.17, 15) is 0 Å². The van der Waals surface area contributed by atoms with Gasteiger partial charge in [0.2, 0.25) is 6.79 Å². The SMILES string of the molecule is NC(CSc1ncc[nH]1)c1ccc2c(c1)OCO2. The summed E-state index contributed by atoms with van der Waals surface area (Å²) in [5.74, 6) is 2.31. The van der Waals surface area contributed by atoms with Crippen molar-refractivity contribution in [3.8, 4) is 11.5 Å². The van der Waals surface area contributed by atoms with E-state index in [-0.39, 0.29) is 12.8 Å². The largest absolute Gasteiger partial charge is 0.454 e. The van der Waals surface area contributed by atoms with Crippen LogP contribution in [-0.4, -0.2) is 22.5 Å². The molecule has 0 bridgehead atoms. The van der Waals surface area contributed by atoms with Crippen molar-refractivity contribution in [3.63, 3.8) is 0 Å². The second-order valence-corrected chi connectivity index (χ2v) is 4.93. The zero-order valence-electron chi connectivity index (χ0n) is 9.63. The summed E-state index contributed by atoms with van der Waals surface area (Å²) in [6, 6.07) is 5.75. The van der Waals surface area contributed by atoms with Gasteiger partial charge in [-0.2, -0.15) is 0 Å². The smallest absolute Gasteiger partial charge is 0.231 e. The molecule has 2 heterocycles. The Hall–Kier alpha value is -1.66. The average Bonchev–Trinajstić information content (AvgIpc) is 3.05. The van der Waals surface area contributed by atoms with Gasteiger partial charge in [0, 0.05) is 24.2 Å². The Morgan fingerprint density at radius 3 is 3.11 bits per heavy atom. The van der Waals surface area contributed by atoms with E-state index in [0.717, 1.165) is 28.0 Å². The lowest BCUT2D eigenvalue weighted by Gasteiger charge is -2.11. The number of nitrogens with two attached hydrogens (primary N) is 1. The van der Waals surface area contributed by atoms with E-state index in [1.807, 2.05) is 18.2 Å². The van der Waals surface area contributed by atoms with Crippen molar-refractivity contribution in [1.29, 1.82) is 0 Å². The average molecular weight is 263 g/mol. The maximum atomic E-state index is 6.15. The molecule has 0 amide bonds. The van der Waals surface area contributed by atoms with Crippen LogP contribution in [0.5, 0.6) is 11.5 Å². The molecule has 3 N–H and O–H groups in total. The fourth-order valence-electron chi connectivity index (χ4n) is 1.74. The Bertz CT molecular complexity index is 530. The van der Waals surface area contributed by atoms with Gasteiger partial charge in [-0.25, -0.2) is 4.98 Å². The van der Waals surface area contributed by atoms with Crippen molar-refractivity contribution >= 4 is 11.8 Å². The molecule has 3 rings (SSSR count). The van der Waals surface area contributed by atoms with E-state index in [1.54, 1.807) is 24.2 Å². The highest BCUT2D eigenvalue weighted by atomic mass is 32.2. The number of thioether (sulfide) groups is 1. The summed E-state index contributed by atoms with van der Waals surface area (Å²) in [6.45, 7) is 0.287. The standard InChI is InChI=1S/C12H13N3O2S/c13-9(6-18-12-14-3-4-15-12)8-1-2-10-11(5-8)17-7-16-10/h1-5,9H,6-7,13H2,(H,14,15). The molecule has 1 aromatic heterocycles. The molecule has 5 nitrogen and oxygen atoms in total. The maximum absolute atomic E-state index is 6.15. The number of aromatic nitrogens is 2. The van der Waals surface area contributed by atoms with Crippen molar-refractivity contribution in [2.45, 2.75) is 11.2 Å². The van der Waals surface area contributed by atoms with E-state index in [0.29, 0.717) is 0 Å². The summed E-state index contributed by atoms with van der Waals surface area (Å²) < 4.78 is 10.6. The monoisotopic (exact) mass is 263 g/mol. The second kappa shape index (κ2) is 4.91. The molecule has 0 spiro atoms. The first-order valence-electron chi connectivity index (χ1n) is 5.60. The van der Waals surface area contributed by atoms with Crippen molar-refractivity contribution in [3.05, 3.63) is 36.2 Å². The number of hydrogen-bond acceptors (Lipinski definition) is 5. The first-order valence-corrected chi connectivity index (χ1v) is 6.59. The zero-order chi connectivity index (χ0) is 12.4. The van der Waals surface area contributed by atoms with Crippen LogP contribution in [0, 0.1) is 0 Å². The number of rotatable bonds is 4. The molecular formula is C12H13N3O2S. The molecule has 94 valence electrons. The van der Waals surface area contributed by atoms with Crippen LogP contribution >= 0.6 is 11.8 Å². The highest BCUT2D eigenvalue weighted by Crippen LogP contribution is 2.34. The van der Waals surface area contributed by atoms with Gasteiger partial charge in [0.25, 0.3) is 0 Å². The number of imidazole rings is 1. The zero-order valence-corrected chi connectivity index (χ0v) is 10.4. The van der Waals surface area contributed by atoms with Crippen LogP contribution in [0.1, 0.15) is 11.6 Å². The van der Waals surface area contributed by atoms with Gasteiger partial charge in [-0.1, -0.05) is 17.8 Å². The van der Waals surface area contributed by atoms with E-state index >= 15 is 0 Å². The van der Waals surface area contributed by atoms with Gasteiger partial charge < -0.3 is 20.2 Å². The first kappa shape index (κ1) is 11.4. The van der Waals surface area contributed by atoms with Crippen LogP contribution in [0.15, 0.2) is 35.7 Å². The highest BCUT2D eigenvalue weighted by Gasteiger charge is 2.16. The Morgan fingerprint density at radius 2 is 2.28 bits per heavy atom. The predicted molar refractivity (Wildman–Crippen MR) is 68.8 cm³/mol. The maximum Gasteiger partial charge on any atom is 0.231 e. The van der Waals surface area contributed by atoms with Crippen molar-refractivity contribution in [2.75, 3.05) is 12.5 Å². The van der Waals surface area contributed by atoms with Gasteiger partial charge in [0.1, 0.15) is 0 Å². The number of nitrogens with zero attached hydrogens (tertiary/aromatic N) is 1. The molecule has 1 aliphatic heterocycles. The molecule has 1 unspecified atom stereocenters. The molecule has 18 heavy (non-hydrogen) atoms. The molecular weight excluding hydrogens is 250 g/mol. The minimum atomic E-state index is -0.0606. The van der Waals surface area contributed by atoms with Gasteiger partial charge >= 0.3 is 0 Å². The van der Waals surface area contributed by atoms with E-state index in [2.05, 4.69) is 9.97 Å². The van der Waals surface area contributed by atoms with E-state index in [1.165, 1.54) is 0 Å². The third-order valence-corrected chi connectivity index (χ3v) is 3.72. The Kier molecular flexibility index (Phi) is 3.12. The number of benzene rings is 1. The van der Waals surface area contributed by atoms with Crippen molar-refractivity contribution in [2.24, 2.45) is 5.73 Å². The van der Waals surface area contributed by atoms with Gasteiger partial charge in [0.05, 0.1) is 0 Å². The van der Waals surface area contributed by atoms with Crippen LogP contribution in [0.2, 0.25) is 0 Å². The third kappa shape index (κ3) is 2.30. The molecule has 0 radical (unpaired) electrons. The molecule has 1 aromatic carbocycles. The fraction of sp³-hybridized carbons (Fsp3) is 0.250. The molecule has 2 aromatic rings. The minimum Gasteiger partial charge on any atom is -0.454 e. The van der Waals surface area contributed by atoms with Crippen LogP contribution in [0.4, 0.5) is 0 Å². The molecule has 0 saturated heterocycles. The normalized spacial score (nSPS) is 14.7. The van der Waals surface area contributed by atoms with Gasteiger partial charge in [-0.3, -0.25) is 0 Å². The Labute approximate surface area is 109 Å². The quantitative estimate of drug-likeness (QED) is 0.825. The number of fused-ring (bicyclic) bond motifs is 1. The first-order chi connectivity index (χ1) is 8.83. The van der Waals surface area contributed by atoms with Crippen LogP contribution in [0.25, 0.3) is 0 Å². The van der Waals surface area contributed by atoms with Crippen LogP contribution < -0.4 is 15.2 Å².